The highest BCUT2D eigenvalue weighted by atomic mass is 16.2. The van der Waals surface area contributed by atoms with Crippen LogP contribution in [0.2, 0.25) is 0 Å². The first kappa shape index (κ1) is 14.1. The quantitative estimate of drug-likeness (QED) is 0.853. The summed E-state index contributed by atoms with van der Waals surface area (Å²) in [5.41, 5.74) is 1.97. The summed E-state index contributed by atoms with van der Waals surface area (Å²) < 4.78 is 0. The van der Waals surface area contributed by atoms with Crippen molar-refractivity contribution in [1.29, 1.82) is 5.26 Å². The summed E-state index contributed by atoms with van der Waals surface area (Å²) in [5, 5.41) is 8.84. The van der Waals surface area contributed by atoms with Crippen LogP contribution in [0.5, 0.6) is 0 Å². The topological polar surface area (TPSA) is 60.2 Å². The standard InChI is InChI=1S/C17H16N4O/c1-2-20-10-11-21(15-4-3-9-19-16(15)20)17(22)14-7-5-13(12-18)6-8-14/h3-9H,2,10-11H2,1H3. The van der Waals surface area contributed by atoms with Crippen LogP contribution in [-0.4, -0.2) is 30.5 Å². The Morgan fingerprint density at radius 3 is 2.73 bits per heavy atom. The molecule has 1 aliphatic rings. The van der Waals surface area contributed by atoms with E-state index in [0.717, 1.165) is 24.6 Å². The van der Waals surface area contributed by atoms with E-state index in [4.69, 9.17) is 5.26 Å². The fourth-order valence-electron chi connectivity index (χ4n) is 2.65. The predicted octanol–water partition coefficient (Wildman–Crippen LogP) is 2.44. The van der Waals surface area contributed by atoms with Crippen LogP contribution in [0.1, 0.15) is 22.8 Å². The van der Waals surface area contributed by atoms with Gasteiger partial charge in [-0.2, -0.15) is 5.26 Å². The first-order valence-corrected chi connectivity index (χ1v) is 7.26. The summed E-state index contributed by atoms with van der Waals surface area (Å²) in [4.78, 5) is 21.1. The Hall–Kier alpha value is -2.87. The van der Waals surface area contributed by atoms with E-state index in [1.165, 1.54) is 0 Å². The largest absolute Gasteiger partial charge is 0.353 e. The Bertz CT molecular complexity index is 733. The molecule has 1 amide bonds. The summed E-state index contributed by atoms with van der Waals surface area (Å²) >= 11 is 0. The minimum Gasteiger partial charge on any atom is -0.353 e. The summed E-state index contributed by atoms with van der Waals surface area (Å²) in [7, 11) is 0. The molecule has 0 bridgehead atoms. The van der Waals surface area contributed by atoms with Gasteiger partial charge in [-0.1, -0.05) is 0 Å². The van der Waals surface area contributed by atoms with E-state index in [9.17, 15) is 4.79 Å². The second-order valence-electron chi connectivity index (χ2n) is 5.07. The molecule has 3 rings (SSSR count). The number of pyridine rings is 1. The lowest BCUT2D eigenvalue weighted by Crippen LogP contribution is -2.44. The number of hydrogen-bond acceptors (Lipinski definition) is 4. The minimum absolute atomic E-state index is 0.0607. The van der Waals surface area contributed by atoms with Crippen molar-refractivity contribution in [3.63, 3.8) is 0 Å². The van der Waals surface area contributed by atoms with Crippen molar-refractivity contribution >= 4 is 17.4 Å². The Morgan fingerprint density at radius 2 is 2.05 bits per heavy atom. The molecule has 0 saturated heterocycles. The lowest BCUT2D eigenvalue weighted by atomic mass is 10.1. The van der Waals surface area contributed by atoms with Gasteiger partial charge in [0.25, 0.3) is 5.91 Å². The lowest BCUT2D eigenvalue weighted by Gasteiger charge is -2.36. The second-order valence-corrected chi connectivity index (χ2v) is 5.07. The fraction of sp³-hybridized carbons (Fsp3) is 0.235. The molecule has 1 aliphatic heterocycles. The third-order valence-electron chi connectivity index (χ3n) is 3.84. The number of carbonyl (C=O) groups excluding carboxylic acids is 1. The van der Waals surface area contributed by atoms with Gasteiger partial charge in [0.2, 0.25) is 0 Å². The normalized spacial score (nSPS) is 13.5. The number of amides is 1. The minimum atomic E-state index is -0.0607. The van der Waals surface area contributed by atoms with Crippen LogP contribution in [0.15, 0.2) is 42.6 Å². The fourth-order valence-corrected chi connectivity index (χ4v) is 2.65. The molecule has 22 heavy (non-hydrogen) atoms. The van der Waals surface area contributed by atoms with Gasteiger partial charge in [0.15, 0.2) is 5.82 Å². The molecule has 0 fully saturated rings. The summed E-state index contributed by atoms with van der Waals surface area (Å²) in [5.74, 6) is 0.785. The zero-order valence-electron chi connectivity index (χ0n) is 12.4. The van der Waals surface area contributed by atoms with Gasteiger partial charge in [-0.3, -0.25) is 4.79 Å². The van der Waals surface area contributed by atoms with Crippen LogP contribution in [0.25, 0.3) is 0 Å². The van der Waals surface area contributed by atoms with Gasteiger partial charge in [0.1, 0.15) is 0 Å². The van der Waals surface area contributed by atoms with E-state index < -0.39 is 0 Å². The molecule has 2 heterocycles. The van der Waals surface area contributed by atoms with E-state index in [1.54, 1.807) is 35.4 Å². The van der Waals surface area contributed by atoms with Crippen LogP contribution < -0.4 is 9.80 Å². The monoisotopic (exact) mass is 292 g/mol. The Balaban J connectivity index is 1.94. The van der Waals surface area contributed by atoms with Crippen LogP contribution in [-0.2, 0) is 0 Å². The SMILES string of the molecule is CCN1CCN(C(=O)c2ccc(C#N)cc2)c2cccnc21. The molecule has 5 nitrogen and oxygen atoms in total. The van der Waals surface area contributed by atoms with Crippen molar-refractivity contribution in [3.8, 4) is 6.07 Å². The van der Waals surface area contributed by atoms with Crippen molar-refractivity contribution in [2.75, 3.05) is 29.4 Å². The van der Waals surface area contributed by atoms with Crippen molar-refractivity contribution in [2.24, 2.45) is 0 Å². The van der Waals surface area contributed by atoms with Crippen LogP contribution in [0, 0.1) is 11.3 Å². The molecule has 0 atom stereocenters. The molecule has 1 aromatic carbocycles. The third kappa shape index (κ3) is 2.40. The molecule has 0 saturated carbocycles. The van der Waals surface area contributed by atoms with Gasteiger partial charge in [-0.25, -0.2) is 4.98 Å². The van der Waals surface area contributed by atoms with Crippen molar-refractivity contribution in [3.05, 3.63) is 53.7 Å². The van der Waals surface area contributed by atoms with Crippen molar-refractivity contribution < 1.29 is 4.79 Å². The molecular formula is C17H16N4O. The van der Waals surface area contributed by atoms with Gasteiger partial charge in [0, 0.05) is 31.4 Å². The van der Waals surface area contributed by atoms with E-state index in [0.29, 0.717) is 17.7 Å². The first-order valence-electron chi connectivity index (χ1n) is 7.26. The highest BCUT2D eigenvalue weighted by molar-refractivity contribution is 6.08. The third-order valence-corrected chi connectivity index (χ3v) is 3.84. The van der Waals surface area contributed by atoms with Crippen molar-refractivity contribution in [2.45, 2.75) is 6.92 Å². The van der Waals surface area contributed by atoms with Crippen LogP contribution in [0.3, 0.4) is 0 Å². The smallest absolute Gasteiger partial charge is 0.258 e. The number of anilines is 2. The number of nitriles is 1. The van der Waals surface area contributed by atoms with Crippen molar-refractivity contribution in [1.82, 2.24) is 4.98 Å². The number of hydrogen-bond donors (Lipinski definition) is 0. The number of fused-ring (bicyclic) bond motifs is 1. The number of benzene rings is 1. The summed E-state index contributed by atoms with van der Waals surface area (Å²) in [6.07, 6.45) is 1.75. The molecule has 5 heteroatoms. The molecule has 0 spiro atoms. The molecule has 0 aliphatic carbocycles. The Morgan fingerprint density at radius 1 is 1.27 bits per heavy atom. The first-order chi connectivity index (χ1) is 10.7. The lowest BCUT2D eigenvalue weighted by molar-refractivity contribution is 0.0986. The Labute approximate surface area is 129 Å². The van der Waals surface area contributed by atoms with Gasteiger partial charge in [-0.15, -0.1) is 0 Å². The zero-order chi connectivity index (χ0) is 15.5. The number of likely N-dealkylation sites (N-methyl/N-ethyl adjacent to an activating group) is 1. The van der Waals surface area contributed by atoms with E-state index >= 15 is 0 Å². The molecule has 0 unspecified atom stereocenters. The molecule has 2 aromatic rings. The average molecular weight is 292 g/mol. The zero-order valence-corrected chi connectivity index (χ0v) is 12.4. The van der Waals surface area contributed by atoms with E-state index in [1.807, 2.05) is 12.1 Å². The van der Waals surface area contributed by atoms with E-state index in [-0.39, 0.29) is 5.91 Å². The maximum atomic E-state index is 12.8. The highest BCUT2D eigenvalue weighted by Gasteiger charge is 2.27. The summed E-state index contributed by atoms with van der Waals surface area (Å²) in [6.45, 7) is 4.34. The second kappa shape index (κ2) is 5.86. The number of aromatic nitrogens is 1. The van der Waals surface area contributed by atoms with Gasteiger partial charge >= 0.3 is 0 Å². The maximum absolute atomic E-state index is 12.8. The maximum Gasteiger partial charge on any atom is 0.258 e. The average Bonchev–Trinajstić information content (AvgIpc) is 2.60. The highest BCUT2D eigenvalue weighted by Crippen LogP contribution is 2.31. The van der Waals surface area contributed by atoms with Gasteiger partial charge < -0.3 is 9.80 Å². The van der Waals surface area contributed by atoms with Gasteiger partial charge in [-0.05, 0) is 43.3 Å². The number of carbonyl (C=O) groups is 1. The van der Waals surface area contributed by atoms with E-state index in [2.05, 4.69) is 22.9 Å². The predicted molar refractivity (Wildman–Crippen MR) is 85.0 cm³/mol. The molecule has 0 radical (unpaired) electrons. The molecule has 110 valence electrons. The molecule has 1 aromatic heterocycles. The van der Waals surface area contributed by atoms with Crippen LogP contribution in [0.4, 0.5) is 11.5 Å². The Kier molecular flexibility index (Phi) is 3.75. The summed E-state index contributed by atoms with van der Waals surface area (Å²) in [6, 6.07) is 12.6. The molecular weight excluding hydrogens is 276 g/mol. The van der Waals surface area contributed by atoms with Crippen LogP contribution >= 0.6 is 0 Å². The number of nitrogens with zero attached hydrogens (tertiary/aromatic N) is 4. The van der Waals surface area contributed by atoms with Gasteiger partial charge in [0.05, 0.1) is 17.3 Å². The molecule has 0 N–H and O–H groups in total. The number of rotatable bonds is 2.